The number of methoxy groups -OCH3 is 2. The van der Waals surface area contributed by atoms with Crippen LogP contribution in [0.3, 0.4) is 0 Å². The molecule has 0 aromatic heterocycles. The van der Waals surface area contributed by atoms with Crippen LogP contribution >= 0.6 is 0 Å². The average molecular weight is 340 g/mol. The first-order valence-corrected chi connectivity index (χ1v) is 7.65. The molecule has 0 aromatic carbocycles. The molecule has 136 valence electrons. The number of rotatable bonds is 4. The maximum absolute atomic E-state index is 13.3. The Morgan fingerprint density at radius 2 is 1.70 bits per heavy atom. The maximum Gasteiger partial charge on any atom is 0.225 e. The molecule has 1 N–H and O–H groups in total. The Morgan fingerprint density at radius 3 is 1.96 bits per heavy atom. The third-order valence-electron chi connectivity index (χ3n) is 4.02. The number of ether oxygens (including phenoxy) is 4. The number of hydrogen-bond acceptors (Lipinski definition) is 6. The number of aliphatic hydroxyl groups is 1. The van der Waals surface area contributed by atoms with E-state index in [1.807, 2.05) is 6.92 Å². The van der Waals surface area contributed by atoms with E-state index in [0.29, 0.717) is 12.8 Å². The molecule has 2 saturated heterocycles. The van der Waals surface area contributed by atoms with Crippen molar-refractivity contribution in [2.24, 2.45) is 0 Å². The molecule has 2 fully saturated rings. The van der Waals surface area contributed by atoms with E-state index >= 15 is 0 Å². The van der Waals surface area contributed by atoms with Crippen molar-refractivity contribution in [1.29, 1.82) is 0 Å². The molecule has 2 heterocycles. The number of hydrogen-bond donors (Lipinski definition) is 1. The van der Waals surface area contributed by atoms with Gasteiger partial charge in [-0.3, -0.25) is 4.79 Å². The van der Waals surface area contributed by atoms with E-state index in [-0.39, 0.29) is 0 Å². The van der Waals surface area contributed by atoms with Crippen LogP contribution in [0.25, 0.3) is 0 Å². The summed E-state index contributed by atoms with van der Waals surface area (Å²) in [6, 6.07) is 0. The third-order valence-corrected chi connectivity index (χ3v) is 4.02. The lowest BCUT2D eigenvalue weighted by Crippen LogP contribution is -2.43. The number of Topliss-reactive ketones (excluding diaryl/α,β-unsaturated/α-hetero) is 1. The summed E-state index contributed by atoms with van der Waals surface area (Å²) < 4.78 is 45.7. The van der Waals surface area contributed by atoms with Crippen LogP contribution in [-0.4, -0.2) is 67.8 Å². The summed E-state index contributed by atoms with van der Waals surface area (Å²) in [6.45, 7) is 4.97. The van der Waals surface area contributed by atoms with Crippen molar-refractivity contribution in [1.82, 2.24) is 0 Å². The molecular formula is C15H26F2O6. The molecule has 0 amide bonds. The van der Waals surface area contributed by atoms with Crippen LogP contribution in [0.5, 0.6) is 0 Å². The van der Waals surface area contributed by atoms with E-state index in [9.17, 15) is 18.7 Å². The van der Waals surface area contributed by atoms with Crippen LogP contribution in [0.2, 0.25) is 0 Å². The van der Waals surface area contributed by atoms with Gasteiger partial charge in [0.15, 0.2) is 18.6 Å². The van der Waals surface area contributed by atoms with Gasteiger partial charge in [0.05, 0.1) is 12.2 Å². The highest BCUT2D eigenvalue weighted by Gasteiger charge is 2.53. The van der Waals surface area contributed by atoms with Gasteiger partial charge in [-0.2, -0.15) is 0 Å². The average Bonchev–Trinajstić information content (AvgIpc) is 2.94. The highest BCUT2D eigenvalue weighted by molar-refractivity contribution is 5.88. The van der Waals surface area contributed by atoms with E-state index in [0.717, 1.165) is 0 Å². The van der Waals surface area contributed by atoms with Crippen molar-refractivity contribution in [2.45, 2.75) is 76.3 Å². The summed E-state index contributed by atoms with van der Waals surface area (Å²) in [5.41, 5.74) is -1.52. The number of ketones is 1. The molecule has 7 atom stereocenters. The van der Waals surface area contributed by atoms with E-state index in [1.54, 1.807) is 6.92 Å². The summed E-state index contributed by atoms with van der Waals surface area (Å²) >= 11 is 0. The Labute approximate surface area is 135 Å². The molecule has 2 aliphatic heterocycles. The first-order chi connectivity index (χ1) is 10.7. The number of alkyl halides is 2. The molecule has 0 aromatic rings. The van der Waals surface area contributed by atoms with Gasteiger partial charge in [-0.15, -0.1) is 0 Å². The fourth-order valence-electron chi connectivity index (χ4n) is 2.55. The van der Waals surface area contributed by atoms with Gasteiger partial charge in [0.2, 0.25) is 12.1 Å². The zero-order valence-electron chi connectivity index (χ0n) is 14.1. The van der Waals surface area contributed by atoms with Crippen molar-refractivity contribution >= 4 is 5.78 Å². The molecule has 2 rings (SSSR count). The predicted molar refractivity (Wildman–Crippen MR) is 77.3 cm³/mol. The molecule has 0 saturated carbocycles. The normalized spacial score (nSPS) is 43.4. The first kappa shape index (κ1) is 20.4. The molecule has 0 unspecified atom stereocenters. The highest BCUT2D eigenvalue weighted by Crippen LogP contribution is 2.34. The van der Waals surface area contributed by atoms with Gasteiger partial charge in [0.25, 0.3) is 0 Å². The lowest BCUT2D eigenvalue weighted by Gasteiger charge is -2.23. The van der Waals surface area contributed by atoms with Crippen molar-refractivity contribution in [2.75, 3.05) is 14.2 Å². The second-order valence-electron chi connectivity index (χ2n) is 5.73. The van der Waals surface area contributed by atoms with Crippen molar-refractivity contribution in [3.05, 3.63) is 0 Å². The minimum Gasteiger partial charge on any atom is -0.382 e. The minimum atomic E-state index is -1.52. The van der Waals surface area contributed by atoms with Gasteiger partial charge in [-0.05, 0) is 19.8 Å². The standard InChI is InChI=1S/C8H15FO3.C7H11FO3/c1-4-5-6(9)8(2,10)7(11-3)12-5;1-3-4-5(8)6(9)7(10-2)11-4/h5-7,10H,4H2,1-3H3;4-5,7H,3H2,1-2H3/t5-,6-,7+,8-;4-,5-,7+/m11/s1. The summed E-state index contributed by atoms with van der Waals surface area (Å²) in [5, 5.41) is 9.60. The quantitative estimate of drug-likeness (QED) is 0.837. The lowest BCUT2D eigenvalue weighted by atomic mass is 9.98. The van der Waals surface area contributed by atoms with Gasteiger partial charge >= 0.3 is 0 Å². The van der Waals surface area contributed by atoms with Crippen LogP contribution in [0.15, 0.2) is 0 Å². The Bertz CT molecular complexity index is 384. The monoisotopic (exact) mass is 340 g/mol. The van der Waals surface area contributed by atoms with Gasteiger partial charge in [-0.1, -0.05) is 13.8 Å². The van der Waals surface area contributed by atoms with Crippen LogP contribution in [-0.2, 0) is 23.7 Å². The molecule has 0 spiro atoms. The Kier molecular flexibility index (Phi) is 7.47. The van der Waals surface area contributed by atoms with Crippen molar-refractivity contribution in [3.8, 4) is 0 Å². The van der Waals surface area contributed by atoms with E-state index in [4.69, 9.17) is 14.2 Å². The molecule has 0 radical (unpaired) electrons. The van der Waals surface area contributed by atoms with Gasteiger partial charge in [0, 0.05) is 14.2 Å². The largest absolute Gasteiger partial charge is 0.382 e. The van der Waals surface area contributed by atoms with Gasteiger partial charge < -0.3 is 24.1 Å². The number of carbonyl (C=O) groups is 1. The smallest absolute Gasteiger partial charge is 0.225 e. The second kappa shape index (κ2) is 8.43. The van der Waals surface area contributed by atoms with Gasteiger partial charge in [-0.25, -0.2) is 8.78 Å². The minimum absolute atomic E-state index is 0.493. The zero-order chi connectivity index (χ0) is 17.8. The summed E-state index contributed by atoms with van der Waals surface area (Å²) in [7, 11) is 2.72. The van der Waals surface area contributed by atoms with Crippen LogP contribution in [0.1, 0.15) is 33.6 Å². The Balaban J connectivity index is 0.000000231. The molecule has 6 nitrogen and oxygen atoms in total. The van der Waals surface area contributed by atoms with Crippen molar-refractivity contribution in [3.63, 3.8) is 0 Å². The predicted octanol–water partition coefficient (Wildman–Crippen LogP) is 1.53. The van der Waals surface area contributed by atoms with Crippen molar-refractivity contribution < 1.29 is 37.6 Å². The zero-order valence-corrected chi connectivity index (χ0v) is 14.1. The lowest BCUT2D eigenvalue weighted by molar-refractivity contribution is -0.182. The van der Waals surface area contributed by atoms with Gasteiger partial charge in [0.1, 0.15) is 5.60 Å². The van der Waals surface area contributed by atoms with Crippen LogP contribution < -0.4 is 0 Å². The second-order valence-corrected chi connectivity index (χ2v) is 5.73. The summed E-state index contributed by atoms with van der Waals surface area (Å²) in [5.74, 6) is -0.598. The van der Waals surface area contributed by atoms with Crippen LogP contribution in [0, 0.1) is 0 Å². The Hall–Kier alpha value is -0.670. The van der Waals surface area contributed by atoms with E-state index in [2.05, 4.69) is 4.74 Å². The number of carbonyl (C=O) groups excluding carboxylic acids is 1. The fraction of sp³-hybridized carbons (Fsp3) is 0.933. The molecule has 2 aliphatic rings. The Morgan fingerprint density at radius 1 is 1.13 bits per heavy atom. The SMILES string of the molecule is CC[C@H]1O[C@H](OC)C(=O)[C@@H]1F.CC[C@H]1O[C@H](OC)[C@](C)(O)[C@@H]1F. The highest BCUT2D eigenvalue weighted by atomic mass is 19.1. The maximum atomic E-state index is 13.3. The topological polar surface area (TPSA) is 74.2 Å². The molecular weight excluding hydrogens is 314 g/mol. The fourth-order valence-corrected chi connectivity index (χ4v) is 2.55. The first-order valence-electron chi connectivity index (χ1n) is 7.65. The number of halogens is 2. The summed E-state index contributed by atoms with van der Waals surface area (Å²) in [6.07, 6.45) is -4.86. The molecule has 0 bridgehead atoms. The van der Waals surface area contributed by atoms with Crippen LogP contribution in [0.4, 0.5) is 8.78 Å². The third kappa shape index (κ3) is 4.24. The summed E-state index contributed by atoms with van der Waals surface area (Å²) in [4.78, 5) is 10.9. The molecule has 8 heteroatoms. The van der Waals surface area contributed by atoms with E-state index in [1.165, 1.54) is 21.1 Å². The molecule has 23 heavy (non-hydrogen) atoms. The van der Waals surface area contributed by atoms with E-state index < -0.39 is 48.5 Å². The molecule has 0 aliphatic carbocycles.